The molecule has 0 spiro atoms. The fourth-order valence-electron chi connectivity index (χ4n) is 2.83. The van der Waals surface area contributed by atoms with E-state index in [2.05, 4.69) is 60.2 Å². The molecule has 2 rings (SSSR count). The highest BCUT2D eigenvalue weighted by molar-refractivity contribution is 14.0. The summed E-state index contributed by atoms with van der Waals surface area (Å²) < 4.78 is 6.22. The van der Waals surface area contributed by atoms with Gasteiger partial charge in [-0.1, -0.05) is 18.2 Å². The van der Waals surface area contributed by atoms with Crippen LogP contribution in [-0.2, 0) is 6.54 Å². The van der Waals surface area contributed by atoms with Gasteiger partial charge in [0.2, 0.25) is 0 Å². The Morgan fingerprint density at radius 1 is 1.35 bits per heavy atom. The minimum atomic E-state index is 0. The van der Waals surface area contributed by atoms with Crippen LogP contribution in [0.5, 0.6) is 5.75 Å². The highest BCUT2D eigenvalue weighted by atomic mass is 127. The molecular weight excluding hydrogens is 459 g/mol. The largest absolute Gasteiger partial charge is 0.492 e. The molecule has 1 aliphatic rings. The molecule has 1 aromatic rings. The lowest BCUT2D eigenvalue weighted by Gasteiger charge is -2.39. The zero-order valence-corrected chi connectivity index (χ0v) is 19.8. The van der Waals surface area contributed by atoms with Crippen LogP contribution in [0.3, 0.4) is 0 Å². The third kappa shape index (κ3) is 7.52. The molecule has 0 atom stereocenters. The summed E-state index contributed by atoms with van der Waals surface area (Å²) in [5.74, 6) is 3.05. The van der Waals surface area contributed by atoms with Gasteiger partial charge in [0.05, 0.1) is 0 Å². The van der Waals surface area contributed by atoms with Gasteiger partial charge in [0.15, 0.2) is 5.96 Å². The number of halogens is 1. The van der Waals surface area contributed by atoms with Crippen LogP contribution in [0.1, 0.15) is 19.4 Å². The van der Waals surface area contributed by atoms with Crippen molar-refractivity contribution in [3.05, 3.63) is 29.8 Å². The van der Waals surface area contributed by atoms with Crippen molar-refractivity contribution in [2.75, 3.05) is 53.1 Å². The van der Waals surface area contributed by atoms with E-state index in [0.717, 1.165) is 49.2 Å². The Bertz CT molecular complexity index is 580. The number of aliphatic imine (C=N–C) groups is 1. The number of guanidine groups is 1. The van der Waals surface area contributed by atoms with E-state index in [1.54, 1.807) is 0 Å². The molecule has 1 saturated heterocycles. The summed E-state index contributed by atoms with van der Waals surface area (Å²) in [6, 6.07) is 8.23. The first kappa shape index (κ1) is 23.4. The van der Waals surface area contributed by atoms with Gasteiger partial charge in [0.1, 0.15) is 12.4 Å². The number of ether oxygens (including phenoxy) is 1. The van der Waals surface area contributed by atoms with Crippen molar-refractivity contribution in [3.63, 3.8) is 0 Å². The molecule has 0 unspecified atom stereocenters. The lowest BCUT2D eigenvalue weighted by molar-refractivity contribution is 0.259. The predicted octanol–water partition coefficient (Wildman–Crippen LogP) is 3.15. The van der Waals surface area contributed by atoms with Crippen LogP contribution in [0.2, 0.25) is 0 Å². The van der Waals surface area contributed by atoms with E-state index in [1.165, 1.54) is 0 Å². The van der Waals surface area contributed by atoms with Gasteiger partial charge < -0.3 is 19.9 Å². The summed E-state index contributed by atoms with van der Waals surface area (Å²) in [6.45, 7) is 8.96. The Morgan fingerprint density at radius 3 is 2.73 bits per heavy atom. The Morgan fingerprint density at radius 2 is 2.08 bits per heavy atom. The molecule has 1 aromatic carbocycles. The number of hydrogen-bond donors (Lipinski definition) is 1. The number of para-hydroxylation sites is 1. The summed E-state index contributed by atoms with van der Waals surface area (Å²) >= 11 is 2.03. The summed E-state index contributed by atoms with van der Waals surface area (Å²) in [5, 5.41) is 3.51. The smallest absolute Gasteiger partial charge is 0.193 e. The molecule has 0 saturated carbocycles. The molecule has 26 heavy (non-hydrogen) atoms. The van der Waals surface area contributed by atoms with E-state index >= 15 is 0 Å². The number of nitrogens with one attached hydrogen (secondary N) is 1. The molecule has 1 aliphatic heterocycles. The quantitative estimate of drug-likeness (QED) is 0.376. The van der Waals surface area contributed by atoms with Gasteiger partial charge in [-0.25, -0.2) is 0 Å². The van der Waals surface area contributed by atoms with Crippen LogP contribution in [0.25, 0.3) is 0 Å². The van der Waals surface area contributed by atoms with Crippen LogP contribution in [0.4, 0.5) is 0 Å². The Hall–Kier alpha value is -0.670. The van der Waals surface area contributed by atoms with Crippen LogP contribution < -0.4 is 10.1 Å². The number of thioether (sulfide) groups is 1. The Kier molecular flexibility index (Phi) is 10.1. The highest BCUT2D eigenvalue weighted by Gasteiger charge is 2.28. The summed E-state index contributed by atoms with van der Waals surface area (Å²) in [5.41, 5.74) is 1.16. The lowest BCUT2D eigenvalue weighted by atomic mass is 10.2. The number of benzene rings is 1. The van der Waals surface area contributed by atoms with Crippen molar-refractivity contribution >= 4 is 41.7 Å². The van der Waals surface area contributed by atoms with E-state index in [1.807, 2.05) is 30.9 Å². The minimum Gasteiger partial charge on any atom is -0.492 e. The predicted molar refractivity (Wildman–Crippen MR) is 124 cm³/mol. The Labute approximate surface area is 180 Å². The number of hydrogen-bond acceptors (Lipinski definition) is 4. The van der Waals surface area contributed by atoms with Crippen molar-refractivity contribution in [1.29, 1.82) is 0 Å². The fourth-order valence-corrected chi connectivity index (χ4v) is 3.94. The fraction of sp³-hybridized carbons (Fsp3) is 0.632. The Balaban J connectivity index is 0.00000338. The van der Waals surface area contributed by atoms with Gasteiger partial charge in [0, 0.05) is 49.3 Å². The van der Waals surface area contributed by atoms with Crippen LogP contribution in [-0.4, -0.2) is 73.6 Å². The zero-order chi connectivity index (χ0) is 18.3. The first-order valence-electron chi connectivity index (χ1n) is 8.86. The average Bonchev–Trinajstić information content (AvgIpc) is 2.55. The lowest BCUT2D eigenvalue weighted by Crippen LogP contribution is -2.50. The molecule has 148 valence electrons. The molecule has 5 nitrogen and oxygen atoms in total. The van der Waals surface area contributed by atoms with E-state index in [4.69, 9.17) is 4.74 Å². The van der Waals surface area contributed by atoms with Crippen molar-refractivity contribution in [2.45, 2.75) is 25.1 Å². The topological polar surface area (TPSA) is 40.1 Å². The molecule has 1 heterocycles. The maximum absolute atomic E-state index is 5.95. The molecule has 0 radical (unpaired) electrons. The van der Waals surface area contributed by atoms with E-state index in [9.17, 15) is 0 Å². The van der Waals surface area contributed by atoms with Crippen LogP contribution in [0.15, 0.2) is 29.3 Å². The second-order valence-corrected chi connectivity index (χ2v) is 8.99. The second kappa shape index (κ2) is 11.2. The summed E-state index contributed by atoms with van der Waals surface area (Å²) in [6.07, 6.45) is 0. The van der Waals surface area contributed by atoms with Crippen molar-refractivity contribution in [1.82, 2.24) is 15.1 Å². The number of rotatable bonds is 6. The minimum absolute atomic E-state index is 0. The monoisotopic (exact) mass is 492 g/mol. The van der Waals surface area contributed by atoms with Gasteiger partial charge in [-0.05, 0) is 34.0 Å². The highest BCUT2D eigenvalue weighted by Crippen LogP contribution is 2.29. The molecule has 1 fully saturated rings. The SMILES string of the molecule is CN=C(NCc1ccccc1OCCN(C)C)N1CCSC(C)(C)C1.I. The molecule has 0 aromatic heterocycles. The van der Waals surface area contributed by atoms with Crippen molar-refractivity contribution < 1.29 is 4.74 Å². The van der Waals surface area contributed by atoms with Crippen molar-refractivity contribution in [3.8, 4) is 5.75 Å². The maximum atomic E-state index is 5.95. The summed E-state index contributed by atoms with van der Waals surface area (Å²) in [4.78, 5) is 8.96. The van der Waals surface area contributed by atoms with Crippen molar-refractivity contribution in [2.24, 2.45) is 4.99 Å². The van der Waals surface area contributed by atoms with E-state index in [0.29, 0.717) is 6.61 Å². The normalized spacial score (nSPS) is 17.0. The molecule has 7 heteroatoms. The van der Waals surface area contributed by atoms with E-state index < -0.39 is 0 Å². The second-order valence-electron chi connectivity index (χ2n) is 7.19. The van der Waals surface area contributed by atoms with Gasteiger partial charge in [-0.3, -0.25) is 4.99 Å². The van der Waals surface area contributed by atoms with Crippen LogP contribution >= 0.6 is 35.7 Å². The van der Waals surface area contributed by atoms with Gasteiger partial charge >= 0.3 is 0 Å². The van der Waals surface area contributed by atoms with Gasteiger partial charge in [-0.15, -0.1) is 24.0 Å². The molecular formula is C19H33IN4OS. The standard InChI is InChI=1S/C19H32N4OS.HI/c1-19(2)15-23(11-13-25-19)18(20-3)21-14-16-8-6-7-9-17(16)24-12-10-22(4)5;/h6-9H,10-15H2,1-5H3,(H,20,21);1H. The number of likely N-dealkylation sites (N-methyl/N-ethyl adjacent to an activating group) is 1. The molecule has 1 N–H and O–H groups in total. The van der Waals surface area contributed by atoms with E-state index in [-0.39, 0.29) is 28.7 Å². The van der Waals surface area contributed by atoms with Crippen LogP contribution in [0, 0.1) is 0 Å². The van der Waals surface area contributed by atoms with Gasteiger partial charge in [-0.2, -0.15) is 11.8 Å². The molecule has 0 aliphatic carbocycles. The third-order valence-electron chi connectivity index (χ3n) is 4.14. The molecule has 0 amide bonds. The zero-order valence-electron chi connectivity index (χ0n) is 16.6. The first-order valence-corrected chi connectivity index (χ1v) is 9.85. The average molecular weight is 492 g/mol. The number of nitrogens with zero attached hydrogens (tertiary/aromatic N) is 3. The maximum Gasteiger partial charge on any atom is 0.193 e. The van der Waals surface area contributed by atoms with Gasteiger partial charge in [0.25, 0.3) is 0 Å². The first-order chi connectivity index (χ1) is 11.9. The molecule has 0 bridgehead atoms. The summed E-state index contributed by atoms with van der Waals surface area (Å²) in [7, 11) is 5.97. The third-order valence-corrected chi connectivity index (χ3v) is 5.44.